The van der Waals surface area contributed by atoms with Crippen LogP contribution in [0.4, 0.5) is 0 Å². The van der Waals surface area contributed by atoms with Gasteiger partial charge >= 0.3 is 0 Å². The normalized spacial score (nSPS) is 28.8. The van der Waals surface area contributed by atoms with Crippen molar-refractivity contribution >= 4 is 17.3 Å². The van der Waals surface area contributed by atoms with E-state index in [1.54, 1.807) is 0 Å². The molecule has 5 nitrogen and oxygen atoms in total. The zero-order valence-corrected chi connectivity index (χ0v) is 14.6. The Bertz CT molecular complexity index is 580. The van der Waals surface area contributed by atoms with Crippen molar-refractivity contribution in [3.05, 3.63) is 34.9 Å². The van der Waals surface area contributed by atoms with E-state index in [0.29, 0.717) is 0 Å². The molecule has 0 bridgehead atoms. The van der Waals surface area contributed by atoms with Crippen LogP contribution in [0.2, 0.25) is 5.02 Å². The van der Waals surface area contributed by atoms with Crippen LogP contribution in [0.25, 0.3) is 0 Å². The predicted octanol–water partition coefficient (Wildman–Crippen LogP) is 2.44. The first kappa shape index (κ1) is 16.3. The highest BCUT2D eigenvalue weighted by Gasteiger charge is 2.40. The molecule has 0 spiro atoms. The molecule has 0 saturated carbocycles. The number of benzene rings is 1. The van der Waals surface area contributed by atoms with Crippen LogP contribution in [0.3, 0.4) is 0 Å². The summed E-state index contributed by atoms with van der Waals surface area (Å²) in [4.78, 5) is 10.8. The molecule has 2 atom stereocenters. The maximum atomic E-state index is 6.04. The van der Waals surface area contributed by atoms with Crippen molar-refractivity contribution in [3.8, 4) is 0 Å². The number of hydrogen-bond acceptors (Lipinski definition) is 5. The third-order valence-corrected chi connectivity index (χ3v) is 5.41. The summed E-state index contributed by atoms with van der Waals surface area (Å²) in [5.41, 5.74) is 2.16. The number of ether oxygens (including phenoxy) is 1. The van der Waals surface area contributed by atoms with Crippen molar-refractivity contribution in [1.29, 1.82) is 0 Å². The number of rotatable bonds is 4. The predicted molar refractivity (Wildman–Crippen MR) is 94.4 cm³/mol. The lowest BCUT2D eigenvalue weighted by Gasteiger charge is -2.34. The number of oxime groups is 1. The summed E-state index contributed by atoms with van der Waals surface area (Å²) in [6.45, 7) is 6.72. The molecule has 2 saturated heterocycles. The van der Waals surface area contributed by atoms with Crippen LogP contribution >= 0.6 is 11.6 Å². The summed E-state index contributed by atoms with van der Waals surface area (Å²) in [5.74, 6) is 0.266. The molecule has 6 heteroatoms. The van der Waals surface area contributed by atoms with Gasteiger partial charge in [-0.15, -0.1) is 0 Å². The van der Waals surface area contributed by atoms with Crippen LogP contribution in [0.5, 0.6) is 0 Å². The first-order valence-corrected chi connectivity index (χ1v) is 9.23. The van der Waals surface area contributed by atoms with Crippen LogP contribution in [-0.4, -0.2) is 67.7 Å². The molecule has 3 aliphatic rings. The van der Waals surface area contributed by atoms with Crippen LogP contribution in [0, 0.1) is 5.92 Å². The van der Waals surface area contributed by atoms with Crippen LogP contribution < -0.4 is 0 Å². The number of morpholine rings is 1. The van der Waals surface area contributed by atoms with E-state index in [4.69, 9.17) is 21.2 Å². The van der Waals surface area contributed by atoms with Gasteiger partial charge in [0.15, 0.2) is 6.23 Å². The van der Waals surface area contributed by atoms with Gasteiger partial charge in [-0.1, -0.05) is 28.9 Å². The lowest BCUT2D eigenvalue weighted by Crippen LogP contribution is -2.50. The second-order valence-corrected chi connectivity index (χ2v) is 7.18. The monoisotopic (exact) mass is 349 g/mol. The first-order valence-electron chi connectivity index (χ1n) is 8.85. The third kappa shape index (κ3) is 3.45. The molecule has 1 aromatic rings. The molecule has 0 amide bonds. The lowest BCUT2D eigenvalue weighted by molar-refractivity contribution is -0.0991. The van der Waals surface area contributed by atoms with Crippen molar-refractivity contribution < 1.29 is 9.57 Å². The van der Waals surface area contributed by atoms with Gasteiger partial charge in [0.2, 0.25) is 0 Å². The molecular weight excluding hydrogens is 326 g/mol. The smallest absolute Gasteiger partial charge is 0.191 e. The summed E-state index contributed by atoms with van der Waals surface area (Å²) >= 11 is 6.04. The van der Waals surface area contributed by atoms with E-state index in [2.05, 4.69) is 15.0 Å². The summed E-state index contributed by atoms with van der Waals surface area (Å²) < 4.78 is 5.49. The van der Waals surface area contributed by atoms with Gasteiger partial charge < -0.3 is 14.5 Å². The van der Waals surface area contributed by atoms with Crippen molar-refractivity contribution in [3.63, 3.8) is 0 Å². The molecule has 0 unspecified atom stereocenters. The van der Waals surface area contributed by atoms with E-state index in [-0.39, 0.29) is 12.1 Å². The van der Waals surface area contributed by atoms with Crippen LogP contribution in [0.1, 0.15) is 18.4 Å². The minimum atomic E-state index is 0.0141. The Labute approximate surface area is 148 Å². The van der Waals surface area contributed by atoms with Crippen molar-refractivity contribution in [1.82, 2.24) is 9.80 Å². The van der Waals surface area contributed by atoms with Crippen molar-refractivity contribution in [2.75, 3.05) is 45.9 Å². The lowest BCUT2D eigenvalue weighted by atomic mass is 9.94. The van der Waals surface area contributed by atoms with Gasteiger partial charge in [0, 0.05) is 24.7 Å². The van der Waals surface area contributed by atoms with Gasteiger partial charge in [-0.05, 0) is 43.6 Å². The second-order valence-electron chi connectivity index (χ2n) is 6.74. The van der Waals surface area contributed by atoms with Gasteiger partial charge in [-0.3, -0.25) is 4.90 Å². The summed E-state index contributed by atoms with van der Waals surface area (Å²) in [7, 11) is 0. The molecule has 0 N–H and O–H groups in total. The molecule has 3 heterocycles. The van der Waals surface area contributed by atoms with E-state index in [9.17, 15) is 0 Å². The highest BCUT2D eigenvalue weighted by atomic mass is 35.5. The Morgan fingerprint density at radius 2 is 1.75 bits per heavy atom. The molecule has 4 rings (SSSR count). The van der Waals surface area contributed by atoms with E-state index in [1.165, 1.54) is 25.9 Å². The topological polar surface area (TPSA) is 37.3 Å². The molecule has 24 heavy (non-hydrogen) atoms. The maximum absolute atomic E-state index is 6.04. The van der Waals surface area contributed by atoms with Gasteiger partial charge in [-0.2, -0.15) is 0 Å². The fourth-order valence-electron chi connectivity index (χ4n) is 3.85. The number of nitrogens with zero attached hydrogens (tertiary/aromatic N) is 3. The minimum absolute atomic E-state index is 0.0141. The Balaban J connectivity index is 1.55. The Morgan fingerprint density at radius 3 is 2.46 bits per heavy atom. The van der Waals surface area contributed by atoms with Gasteiger partial charge in [0.25, 0.3) is 0 Å². The van der Waals surface area contributed by atoms with Crippen molar-refractivity contribution in [2.45, 2.75) is 19.1 Å². The molecule has 0 aromatic heterocycles. The molecule has 0 aliphatic carbocycles. The Hall–Kier alpha value is -1.14. The maximum Gasteiger partial charge on any atom is 0.191 e. The Kier molecular flexibility index (Phi) is 5.03. The standard InChI is InChI=1S/C18H24ClN3O2/c19-15-5-3-14(4-6-15)17-16(13-21-7-1-2-8-21)18(24-20-17)22-9-11-23-12-10-22/h3-6,16,18H,1-2,7-13H2/t16-,18+/m0/s1. The Morgan fingerprint density at radius 1 is 1.04 bits per heavy atom. The molecule has 130 valence electrons. The average molecular weight is 350 g/mol. The molecule has 1 aromatic carbocycles. The number of hydrogen-bond donors (Lipinski definition) is 0. The molecule has 3 aliphatic heterocycles. The SMILES string of the molecule is Clc1ccc(C2=NO[C@@H](N3CCOCC3)[C@H]2CN2CCCC2)cc1. The molecular formula is C18H24ClN3O2. The third-order valence-electron chi connectivity index (χ3n) is 5.15. The zero-order chi connectivity index (χ0) is 16.4. The highest BCUT2D eigenvalue weighted by molar-refractivity contribution is 6.30. The van der Waals surface area contributed by atoms with Crippen molar-refractivity contribution in [2.24, 2.45) is 11.1 Å². The fraction of sp³-hybridized carbons (Fsp3) is 0.611. The summed E-state index contributed by atoms with van der Waals surface area (Å²) in [6.07, 6.45) is 2.60. The number of halogens is 1. The van der Waals surface area contributed by atoms with E-state index in [1.807, 2.05) is 24.3 Å². The summed E-state index contributed by atoms with van der Waals surface area (Å²) in [6, 6.07) is 7.94. The quantitative estimate of drug-likeness (QED) is 0.836. The molecule has 0 radical (unpaired) electrons. The highest BCUT2D eigenvalue weighted by Crippen LogP contribution is 2.29. The second kappa shape index (κ2) is 7.40. The van der Waals surface area contributed by atoms with Crippen LogP contribution in [-0.2, 0) is 9.57 Å². The van der Waals surface area contributed by atoms with Crippen LogP contribution in [0.15, 0.2) is 29.4 Å². The van der Waals surface area contributed by atoms with E-state index < -0.39 is 0 Å². The minimum Gasteiger partial charge on any atom is -0.379 e. The zero-order valence-electron chi connectivity index (χ0n) is 13.9. The van der Waals surface area contributed by atoms with Gasteiger partial charge in [-0.25, -0.2) is 0 Å². The van der Waals surface area contributed by atoms with Gasteiger partial charge in [0.1, 0.15) is 0 Å². The summed E-state index contributed by atoms with van der Waals surface area (Å²) in [5, 5.41) is 5.23. The number of likely N-dealkylation sites (tertiary alicyclic amines) is 1. The largest absolute Gasteiger partial charge is 0.379 e. The van der Waals surface area contributed by atoms with Gasteiger partial charge in [0.05, 0.1) is 24.8 Å². The molecule has 2 fully saturated rings. The average Bonchev–Trinajstić information content (AvgIpc) is 3.27. The first-order chi connectivity index (χ1) is 11.8. The fourth-order valence-corrected chi connectivity index (χ4v) is 3.97. The van der Waals surface area contributed by atoms with E-state index in [0.717, 1.165) is 49.1 Å². The van der Waals surface area contributed by atoms with E-state index >= 15 is 0 Å².